The van der Waals surface area contributed by atoms with Crippen LogP contribution in [0.25, 0.3) is 0 Å². The van der Waals surface area contributed by atoms with E-state index in [-0.39, 0.29) is 57.2 Å². The first-order valence-corrected chi connectivity index (χ1v) is 5.03. The minimum atomic E-state index is -2.20. The smallest absolute Gasteiger partial charge is 0 e. The van der Waals surface area contributed by atoms with E-state index in [9.17, 15) is 9.59 Å². The Kier molecular flexibility index (Phi) is 21.8. The van der Waals surface area contributed by atoms with E-state index in [0.29, 0.717) is 0 Å². The first-order valence-electron chi connectivity index (χ1n) is 5.03. The van der Waals surface area contributed by atoms with Crippen molar-refractivity contribution in [3.63, 3.8) is 0 Å². The zero-order chi connectivity index (χ0) is 15.7. The molecule has 5 atom stereocenters. The van der Waals surface area contributed by atoms with Crippen molar-refractivity contribution in [3.05, 3.63) is 0 Å². The third-order valence-corrected chi connectivity index (χ3v) is 1.87. The van der Waals surface area contributed by atoms with Crippen molar-refractivity contribution in [2.45, 2.75) is 37.4 Å². The molecule has 0 heterocycles. The van der Waals surface area contributed by atoms with E-state index in [4.69, 9.17) is 40.9 Å². The second kappa shape index (κ2) is 15.5. The fourth-order valence-corrected chi connectivity index (χ4v) is 0.668. The van der Waals surface area contributed by atoms with Crippen LogP contribution >= 0.6 is 0 Å². The van der Waals surface area contributed by atoms with Gasteiger partial charge in [-0.05, 0) is 6.92 Å². The molecule has 0 radical (unpaired) electrons. The maximum absolute atomic E-state index is 10.1. The Hall–Kier alpha value is 0.583. The van der Waals surface area contributed by atoms with Crippen molar-refractivity contribution in [2.75, 3.05) is 6.61 Å². The Morgan fingerprint density at radius 1 is 0.905 bits per heavy atom. The van der Waals surface area contributed by atoms with Gasteiger partial charge in [0, 0.05) is 19.5 Å². The molecule has 0 aromatic carbocycles. The van der Waals surface area contributed by atoms with Crippen molar-refractivity contribution in [3.8, 4) is 0 Å². The topological polar surface area (TPSA) is 196 Å². The van der Waals surface area contributed by atoms with E-state index >= 15 is 0 Å². The number of rotatable bonds is 6. The molecule has 0 aliphatic heterocycles. The summed E-state index contributed by atoms with van der Waals surface area (Å²) >= 11 is 0. The summed E-state index contributed by atoms with van der Waals surface area (Å²) in [6.45, 7) is 0.354. The largest absolute Gasteiger partial charge is 0 e. The number of hydrogen-bond acceptors (Lipinski definition) is 8. The normalized spacial score (nSPS) is 16.5. The van der Waals surface area contributed by atoms with E-state index in [2.05, 4.69) is 0 Å². The van der Waals surface area contributed by atoms with Crippen molar-refractivity contribution in [2.24, 2.45) is 0 Å². The molecule has 0 saturated carbocycles. The number of carboxylic acid groups (broad SMARTS) is 2. The average Bonchev–Trinajstić information content (AvgIpc) is 2.35. The van der Waals surface area contributed by atoms with Crippen LogP contribution in [0.2, 0.25) is 0 Å². The Labute approximate surface area is 162 Å². The van der Waals surface area contributed by atoms with Crippen LogP contribution in [0.4, 0.5) is 0 Å². The van der Waals surface area contributed by atoms with Gasteiger partial charge in [-0.25, -0.2) is 9.59 Å². The summed E-state index contributed by atoms with van der Waals surface area (Å²) in [6.07, 6.45) is -9.07. The van der Waals surface area contributed by atoms with Crippen molar-refractivity contribution >= 4 is 49.7 Å². The number of aliphatic carboxylic acids is 2. The molecule has 12 heteroatoms. The van der Waals surface area contributed by atoms with Gasteiger partial charge in [0.15, 0.2) is 6.10 Å². The molecule has 0 aromatic rings. The van der Waals surface area contributed by atoms with E-state index < -0.39 is 49.1 Å². The zero-order valence-corrected chi connectivity index (χ0v) is 13.7. The summed E-state index contributed by atoms with van der Waals surface area (Å²) in [5, 5.41) is 67.6. The van der Waals surface area contributed by atoms with Crippen LogP contribution in [0, 0.1) is 0 Å². The molecule has 5 unspecified atom stereocenters. The van der Waals surface area contributed by atoms with Gasteiger partial charge in [-0.2, -0.15) is 0 Å². The number of hydrogen-bond donors (Lipinski definition) is 8. The monoisotopic (exact) mass is 392 g/mol. The standard InChI is InChI=1S/C6H12O7.C3H6O3.Ca.Zn.2H/c7-1-2(8)3(9)4(10)5(11)6(12)13;1-2(4)3(5)6;;;;/h2-5,7-11H,1H2,(H,12,13);2,4H,1H3,(H,5,6);;;;. The Bertz CT molecular complexity index is 290. The first-order chi connectivity index (χ1) is 8.56. The van der Waals surface area contributed by atoms with Gasteiger partial charge in [-0.15, -0.1) is 0 Å². The molecule has 0 aromatic heterocycles. The van der Waals surface area contributed by atoms with Gasteiger partial charge >= 0.3 is 49.7 Å². The molecule has 10 nitrogen and oxygen atoms in total. The maximum atomic E-state index is 10.1. The summed E-state index contributed by atoms with van der Waals surface area (Å²) in [7, 11) is 0. The SMILES string of the molecule is CC(O)C(=O)O.O=C(O)C(O)C(O)C(O)C(O)CO.[CaH2].[Zn]. The van der Waals surface area contributed by atoms with Crippen molar-refractivity contribution in [1.29, 1.82) is 0 Å². The molecule has 0 bridgehead atoms. The van der Waals surface area contributed by atoms with Crippen LogP contribution in [-0.4, -0.2) is 128 Å². The second-order valence-electron chi connectivity index (χ2n) is 3.53. The molecule has 0 saturated heterocycles. The molecule has 0 rings (SSSR count). The van der Waals surface area contributed by atoms with Crippen LogP contribution in [0.1, 0.15) is 6.92 Å². The summed E-state index contributed by atoms with van der Waals surface area (Å²) in [4.78, 5) is 19.5. The van der Waals surface area contributed by atoms with Gasteiger partial charge in [0.1, 0.15) is 24.4 Å². The van der Waals surface area contributed by atoms with Crippen LogP contribution < -0.4 is 0 Å². The first kappa shape index (κ1) is 29.6. The third kappa shape index (κ3) is 13.9. The Morgan fingerprint density at radius 2 is 1.24 bits per heavy atom. The number of carbonyl (C=O) groups is 2. The van der Waals surface area contributed by atoms with Gasteiger partial charge in [-0.3, -0.25) is 0 Å². The van der Waals surface area contributed by atoms with Gasteiger partial charge in [0.05, 0.1) is 6.61 Å². The molecule has 120 valence electrons. The molecule has 0 amide bonds. The fraction of sp³-hybridized carbons (Fsp3) is 0.778. The van der Waals surface area contributed by atoms with Crippen LogP contribution in [-0.2, 0) is 29.1 Å². The number of carboxylic acids is 2. The molecule has 0 aliphatic rings. The van der Waals surface area contributed by atoms with E-state index in [1.807, 2.05) is 0 Å². The zero-order valence-electron chi connectivity index (χ0n) is 10.7. The molecule has 0 aliphatic carbocycles. The minimum Gasteiger partial charge on any atom is 0 e. The van der Waals surface area contributed by atoms with Gasteiger partial charge in [0.2, 0.25) is 0 Å². The predicted molar refractivity (Wildman–Crippen MR) is 66.6 cm³/mol. The molecule has 21 heavy (non-hydrogen) atoms. The summed E-state index contributed by atoms with van der Waals surface area (Å²) in [6, 6.07) is 0. The quantitative estimate of drug-likeness (QED) is 0.202. The summed E-state index contributed by atoms with van der Waals surface area (Å²) in [5.41, 5.74) is 0. The van der Waals surface area contributed by atoms with Gasteiger partial charge in [-0.1, -0.05) is 0 Å². The van der Waals surface area contributed by atoms with Crippen LogP contribution in [0.5, 0.6) is 0 Å². The van der Waals surface area contributed by atoms with Crippen LogP contribution in [0.15, 0.2) is 0 Å². The van der Waals surface area contributed by atoms with Gasteiger partial charge in [0.25, 0.3) is 0 Å². The number of aliphatic hydroxyl groups excluding tert-OH is 6. The third-order valence-electron chi connectivity index (χ3n) is 1.87. The molecular formula is C9H20CaO10Zn. The average molecular weight is 394 g/mol. The van der Waals surface area contributed by atoms with Crippen molar-refractivity contribution < 1.29 is 69.9 Å². The fourth-order valence-electron chi connectivity index (χ4n) is 0.668. The Balaban J connectivity index is -0.000000156. The minimum absolute atomic E-state index is 0. The Morgan fingerprint density at radius 3 is 1.43 bits per heavy atom. The van der Waals surface area contributed by atoms with Crippen molar-refractivity contribution in [1.82, 2.24) is 0 Å². The molecule has 0 fully saturated rings. The number of aliphatic hydroxyl groups is 6. The summed E-state index contributed by atoms with van der Waals surface area (Å²) in [5.74, 6) is -2.91. The maximum Gasteiger partial charge on any atom is 0 e. The van der Waals surface area contributed by atoms with E-state index in [1.54, 1.807) is 0 Å². The molecule has 0 spiro atoms. The van der Waals surface area contributed by atoms with Gasteiger partial charge < -0.3 is 40.9 Å². The van der Waals surface area contributed by atoms with E-state index in [0.717, 1.165) is 0 Å². The second-order valence-corrected chi connectivity index (χ2v) is 3.53. The predicted octanol–water partition coefficient (Wildman–Crippen LogP) is -4.96. The molecule has 8 N–H and O–H groups in total. The summed E-state index contributed by atoms with van der Waals surface area (Å²) < 4.78 is 0. The molecular weight excluding hydrogens is 374 g/mol. The van der Waals surface area contributed by atoms with E-state index in [1.165, 1.54) is 6.92 Å². The van der Waals surface area contributed by atoms with Crippen LogP contribution in [0.3, 0.4) is 0 Å².